The summed E-state index contributed by atoms with van der Waals surface area (Å²) in [4.78, 5) is 12.5. The number of benzene rings is 2. The molecule has 0 aliphatic carbocycles. The van der Waals surface area contributed by atoms with Gasteiger partial charge in [0, 0.05) is 5.02 Å². The summed E-state index contributed by atoms with van der Waals surface area (Å²) in [5.41, 5.74) is 1.32. The molecule has 29 heavy (non-hydrogen) atoms. The van der Waals surface area contributed by atoms with E-state index in [4.69, 9.17) is 21.1 Å². The van der Waals surface area contributed by atoms with Gasteiger partial charge in [0.1, 0.15) is 24.1 Å². The van der Waals surface area contributed by atoms with Crippen LogP contribution in [-0.2, 0) is 14.8 Å². The van der Waals surface area contributed by atoms with E-state index in [-0.39, 0.29) is 13.2 Å². The lowest BCUT2D eigenvalue weighted by atomic mass is 10.2. The molecule has 0 aliphatic heterocycles. The number of carbonyl (C=O) groups excluding carboxylic acids is 1. The number of rotatable bonds is 9. The van der Waals surface area contributed by atoms with Crippen LogP contribution in [0.25, 0.3) is 0 Å². The van der Waals surface area contributed by atoms with Crippen LogP contribution in [0.15, 0.2) is 42.5 Å². The van der Waals surface area contributed by atoms with Crippen LogP contribution in [0.5, 0.6) is 11.5 Å². The van der Waals surface area contributed by atoms with Crippen molar-refractivity contribution < 1.29 is 22.7 Å². The van der Waals surface area contributed by atoms with Crippen LogP contribution in [0.2, 0.25) is 5.02 Å². The molecule has 0 radical (unpaired) electrons. The largest absolute Gasteiger partial charge is 0.497 e. The Balaban J connectivity index is 1.98. The van der Waals surface area contributed by atoms with Gasteiger partial charge in [-0.2, -0.15) is 0 Å². The predicted molar refractivity (Wildman–Crippen MR) is 114 cm³/mol. The molecule has 0 bridgehead atoms. The van der Waals surface area contributed by atoms with Gasteiger partial charge in [-0.3, -0.25) is 9.10 Å². The molecule has 158 valence electrons. The smallest absolute Gasteiger partial charge is 0.243 e. The third kappa shape index (κ3) is 6.27. The highest BCUT2D eigenvalue weighted by atomic mass is 35.5. The number of ether oxygens (including phenoxy) is 2. The van der Waals surface area contributed by atoms with Crippen LogP contribution >= 0.6 is 11.6 Å². The fraction of sp³-hybridized carbons (Fsp3) is 0.350. The van der Waals surface area contributed by atoms with Gasteiger partial charge in [0.05, 0.1) is 25.6 Å². The molecular formula is C20H25ClN2O5S. The number of sulfonamides is 1. The van der Waals surface area contributed by atoms with Crippen molar-refractivity contribution in [1.29, 1.82) is 0 Å². The maximum absolute atomic E-state index is 12.5. The Morgan fingerprint density at radius 2 is 1.79 bits per heavy atom. The summed E-state index contributed by atoms with van der Waals surface area (Å²) in [5.74, 6) is 0.753. The quantitative estimate of drug-likeness (QED) is 0.606. The van der Waals surface area contributed by atoms with E-state index in [1.165, 1.54) is 14.0 Å². The molecule has 0 fully saturated rings. The summed E-state index contributed by atoms with van der Waals surface area (Å²) < 4.78 is 36.3. The van der Waals surface area contributed by atoms with Crippen LogP contribution in [0.3, 0.4) is 0 Å². The minimum absolute atomic E-state index is 0.217. The highest BCUT2D eigenvalue weighted by molar-refractivity contribution is 7.92. The Bertz CT molecular complexity index is 948. The van der Waals surface area contributed by atoms with Crippen molar-refractivity contribution in [3.63, 3.8) is 0 Å². The second kappa shape index (κ2) is 9.84. The molecule has 0 aromatic heterocycles. The second-order valence-electron chi connectivity index (χ2n) is 6.48. The predicted octanol–water partition coefficient (Wildman–Crippen LogP) is 3.01. The lowest BCUT2D eigenvalue weighted by molar-refractivity contribution is -0.121. The van der Waals surface area contributed by atoms with Gasteiger partial charge in [-0.25, -0.2) is 8.42 Å². The molecule has 0 unspecified atom stereocenters. The lowest BCUT2D eigenvalue weighted by Gasteiger charge is -2.28. The van der Waals surface area contributed by atoms with E-state index in [0.717, 1.165) is 16.1 Å². The van der Waals surface area contributed by atoms with Crippen LogP contribution in [0, 0.1) is 6.92 Å². The Morgan fingerprint density at radius 3 is 2.34 bits per heavy atom. The molecule has 2 aromatic carbocycles. The highest BCUT2D eigenvalue weighted by Crippen LogP contribution is 2.24. The summed E-state index contributed by atoms with van der Waals surface area (Å²) in [7, 11) is -2.16. The minimum Gasteiger partial charge on any atom is -0.497 e. The van der Waals surface area contributed by atoms with Crippen molar-refractivity contribution in [1.82, 2.24) is 5.32 Å². The molecule has 0 saturated carbocycles. The zero-order valence-electron chi connectivity index (χ0n) is 16.8. The first kappa shape index (κ1) is 22.8. The van der Waals surface area contributed by atoms with Crippen molar-refractivity contribution in [2.75, 3.05) is 30.8 Å². The summed E-state index contributed by atoms with van der Waals surface area (Å²) >= 11 is 6.05. The van der Waals surface area contributed by atoms with Gasteiger partial charge in [0.25, 0.3) is 0 Å². The van der Waals surface area contributed by atoms with E-state index in [9.17, 15) is 13.2 Å². The molecule has 2 rings (SSSR count). The normalized spacial score (nSPS) is 12.2. The van der Waals surface area contributed by atoms with Crippen LogP contribution in [0.1, 0.15) is 12.5 Å². The summed E-state index contributed by atoms with van der Waals surface area (Å²) in [5, 5.41) is 3.30. The molecule has 2 aromatic rings. The van der Waals surface area contributed by atoms with E-state index >= 15 is 0 Å². The van der Waals surface area contributed by atoms with Gasteiger partial charge in [-0.1, -0.05) is 17.7 Å². The molecule has 0 heterocycles. The second-order valence-corrected chi connectivity index (χ2v) is 8.75. The number of hydrogen-bond acceptors (Lipinski definition) is 5. The van der Waals surface area contributed by atoms with Crippen LogP contribution < -0.4 is 19.1 Å². The lowest BCUT2D eigenvalue weighted by Crippen LogP contribution is -2.48. The van der Waals surface area contributed by atoms with E-state index in [1.54, 1.807) is 36.4 Å². The SMILES string of the molecule is COc1ccc(N([C@H](C)C(=O)NCCOc2ccc(C)c(Cl)c2)S(C)(=O)=O)cc1. The fourth-order valence-electron chi connectivity index (χ4n) is 2.69. The first-order valence-electron chi connectivity index (χ1n) is 8.93. The van der Waals surface area contributed by atoms with Gasteiger partial charge in [-0.15, -0.1) is 0 Å². The number of halogens is 1. The summed E-state index contributed by atoms with van der Waals surface area (Å²) in [6.07, 6.45) is 1.06. The van der Waals surface area contributed by atoms with E-state index in [2.05, 4.69) is 5.32 Å². The standard InChI is InChI=1S/C20H25ClN2O5S/c1-14-5-8-18(13-19(14)21)28-12-11-22-20(24)15(2)23(29(4,25)26)16-6-9-17(27-3)10-7-16/h5-10,13,15H,11-12H2,1-4H3,(H,22,24)/t15-/m1/s1. The minimum atomic E-state index is -3.68. The number of amides is 1. The number of carbonyl (C=O) groups is 1. The number of nitrogens with zero attached hydrogens (tertiary/aromatic N) is 1. The van der Waals surface area contributed by atoms with Crippen molar-refractivity contribution in [3.05, 3.63) is 53.1 Å². The summed E-state index contributed by atoms with van der Waals surface area (Å²) in [6.45, 7) is 3.86. The van der Waals surface area contributed by atoms with Crippen LogP contribution in [-0.4, -0.2) is 46.9 Å². The Kier molecular flexibility index (Phi) is 7.75. The zero-order valence-corrected chi connectivity index (χ0v) is 18.4. The van der Waals surface area contributed by atoms with Crippen molar-refractivity contribution in [2.24, 2.45) is 0 Å². The molecule has 7 nitrogen and oxygen atoms in total. The molecule has 1 amide bonds. The topological polar surface area (TPSA) is 84.9 Å². The zero-order chi connectivity index (χ0) is 21.6. The molecule has 9 heteroatoms. The molecule has 0 spiro atoms. The molecular weight excluding hydrogens is 416 g/mol. The fourth-order valence-corrected chi connectivity index (χ4v) is 4.04. The number of hydrogen-bond donors (Lipinski definition) is 1. The third-order valence-electron chi connectivity index (χ3n) is 4.23. The van der Waals surface area contributed by atoms with Crippen molar-refractivity contribution in [2.45, 2.75) is 19.9 Å². The third-order valence-corrected chi connectivity index (χ3v) is 5.88. The number of methoxy groups -OCH3 is 1. The maximum Gasteiger partial charge on any atom is 0.243 e. The van der Waals surface area contributed by atoms with Gasteiger partial charge < -0.3 is 14.8 Å². The Labute approximate surface area is 176 Å². The van der Waals surface area contributed by atoms with E-state index < -0.39 is 22.0 Å². The summed E-state index contributed by atoms with van der Waals surface area (Å²) in [6, 6.07) is 10.9. The molecule has 1 N–H and O–H groups in total. The first-order valence-corrected chi connectivity index (χ1v) is 11.2. The average Bonchev–Trinajstić information content (AvgIpc) is 2.67. The van der Waals surface area contributed by atoms with Gasteiger partial charge in [0.2, 0.25) is 15.9 Å². The molecule has 1 atom stereocenters. The number of aryl methyl sites for hydroxylation is 1. The van der Waals surface area contributed by atoms with Crippen molar-refractivity contribution in [3.8, 4) is 11.5 Å². The average molecular weight is 441 g/mol. The number of nitrogens with one attached hydrogen (secondary N) is 1. The van der Waals surface area contributed by atoms with Crippen LogP contribution in [0.4, 0.5) is 5.69 Å². The maximum atomic E-state index is 12.5. The van der Waals surface area contributed by atoms with E-state index in [1.807, 2.05) is 13.0 Å². The van der Waals surface area contributed by atoms with Gasteiger partial charge in [0.15, 0.2) is 0 Å². The number of anilines is 1. The van der Waals surface area contributed by atoms with E-state index in [0.29, 0.717) is 22.2 Å². The molecule has 0 saturated heterocycles. The monoisotopic (exact) mass is 440 g/mol. The first-order chi connectivity index (χ1) is 13.6. The highest BCUT2D eigenvalue weighted by Gasteiger charge is 2.28. The molecule has 0 aliphatic rings. The van der Waals surface area contributed by atoms with Crippen molar-refractivity contribution >= 4 is 33.2 Å². The van der Waals surface area contributed by atoms with Gasteiger partial charge in [-0.05, 0) is 55.8 Å². The Hall–Kier alpha value is -2.45. The van der Waals surface area contributed by atoms with Gasteiger partial charge >= 0.3 is 0 Å². The Morgan fingerprint density at radius 1 is 1.17 bits per heavy atom.